The second-order valence-corrected chi connectivity index (χ2v) is 7.21. The number of rotatable bonds is 3. The molecule has 0 fully saturated rings. The van der Waals surface area contributed by atoms with Crippen LogP contribution in [-0.2, 0) is 13.0 Å². The Hall–Kier alpha value is -2.66. The summed E-state index contributed by atoms with van der Waals surface area (Å²) in [6.07, 6.45) is 0.760. The predicted molar refractivity (Wildman–Crippen MR) is 103 cm³/mol. The number of hydrogen-bond donors (Lipinski definition) is 0. The standard InChI is InChI=1S/C22H22FNO3/c1-13-14(2)22(25)27-21-15(3)20-17(10-19(13)21)11-24(12-26-20)8-7-16-5-4-6-18(23)9-16/h4-6,9-10H,7-8,11-12H2,1-3H3. The zero-order valence-corrected chi connectivity index (χ0v) is 15.8. The molecule has 2 heterocycles. The summed E-state index contributed by atoms with van der Waals surface area (Å²) in [5.74, 6) is 0.595. The van der Waals surface area contributed by atoms with Gasteiger partial charge in [-0.2, -0.15) is 0 Å². The van der Waals surface area contributed by atoms with Crippen LogP contribution in [0.5, 0.6) is 5.75 Å². The fourth-order valence-corrected chi connectivity index (χ4v) is 3.67. The van der Waals surface area contributed by atoms with Gasteiger partial charge in [0.05, 0.1) is 0 Å². The van der Waals surface area contributed by atoms with Gasteiger partial charge in [0.25, 0.3) is 0 Å². The van der Waals surface area contributed by atoms with E-state index < -0.39 is 0 Å². The van der Waals surface area contributed by atoms with Gasteiger partial charge in [-0.25, -0.2) is 9.18 Å². The highest BCUT2D eigenvalue weighted by atomic mass is 19.1. The van der Waals surface area contributed by atoms with Crippen LogP contribution in [0.4, 0.5) is 4.39 Å². The van der Waals surface area contributed by atoms with Gasteiger partial charge < -0.3 is 9.15 Å². The van der Waals surface area contributed by atoms with E-state index in [0.717, 1.165) is 52.9 Å². The van der Waals surface area contributed by atoms with E-state index in [9.17, 15) is 9.18 Å². The molecule has 1 aromatic heterocycles. The van der Waals surface area contributed by atoms with E-state index in [-0.39, 0.29) is 11.4 Å². The summed E-state index contributed by atoms with van der Waals surface area (Å²) in [4.78, 5) is 14.2. The summed E-state index contributed by atoms with van der Waals surface area (Å²) in [6.45, 7) is 7.66. The first-order chi connectivity index (χ1) is 12.9. The van der Waals surface area contributed by atoms with Crippen molar-refractivity contribution >= 4 is 11.0 Å². The smallest absolute Gasteiger partial charge is 0.339 e. The van der Waals surface area contributed by atoms with E-state index in [1.807, 2.05) is 19.9 Å². The van der Waals surface area contributed by atoms with Crippen LogP contribution >= 0.6 is 0 Å². The minimum absolute atomic E-state index is 0.206. The molecule has 0 saturated heterocycles. The first-order valence-electron chi connectivity index (χ1n) is 9.10. The molecule has 1 aliphatic heterocycles. The highest BCUT2D eigenvalue weighted by Crippen LogP contribution is 2.36. The third-order valence-corrected chi connectivity index (χ3v) is 5.39. The van der Waals surface area contributed by atoms with Crippen molar-refractivity contribution in [1.82, 2.24) is 4.90 Å². The van der Waals surface area contributed by atoms with Gasteiger partial charge in [0.2, 0.25) is 0 Å². The lowest BCUT2D eigenvalue weighted by Gasteiger charge is -2.30. The van der Waals surface area contributed by atoms with E-state index in [2.05, 4.69) is 11.0 Å². The highest BCUT2D eigenvalue weighted by Gasteiger charge is 2.23. The zero-order valence-electron chi connectivity index (χ0n) is 15.8. The number of fused-ring (bicyclic) bond motifs is 2. The Kier molecular flexibility index (Phi) is 4.48. The van der Waals surface area contributed by atoms with E-state index in [1.165, 1.54) is 6.07 Å². The third kappa shape index (κ3) is 3.23. The van der Waals surface area contributed by atoms with Crippen LogP contribution in [0.2, 0.25) is 0 Å². The van der Waals surface area contributed by atoms with Crippen molar-refractivity contribution in [3.8, 4) is 5.75 Å². The maximum Gasteiger partial charge on any atom is 0.339 e. The van der Waals surface area contributed by atoms with Crippen molar-refractivity contribution in [2.45, 2.75) is 33.7 Å². The summed E-state index contributed by atoms with van der Waals surface area (Å²) in [6, 6.07) is 8.77. The van der Waals surface area contributed by atoms with Crippen LogP contribution in [0.15, 0.2) is 39.5 Å². The third-order valence-electron chi connectivity index (χ3n) is 5.39. The van der Waals surface area contributed by atoms with Gasteiger partial charge in [-0.15, -0.1) is 0 Å². The SMILES string of the molecule is Cc1c(C)c2cc3c(c(C)c2oc1=O)OCN(CCc1cccc(F)c1)C3. The lowest BCUT2D eigenvalue weighted by Crippen LogP contribution is -2.34. The van der Waals surface area contributed by atoms with Crippen molar-refractivity contribution in [2.24, 2.45) is 0 Å². The Morgan fingerprint density at radius 3 is 2.70 bits per heavy atom. The van der Waals surface area contributed by atoms with Gasteiger partial charge >= 0.3 is 5.63 Å². The molecule has 27 heavy (non-hydrogen) atoms. The molecule has 1 aliphatic rings. The van der Waals surface area contributed by atoms with Gasteiger partial charge in [-0.05, 0) is 56.5 Å². The maximum atomic E-state index is 13.4. The molecule has 140 valence electrons. The largest absolute Gasteiger partial charge is 0.477 e. The maximum absolute atomic E-state index is 13.4. The van der Waals surface area contributed by atoms with Crippen LogP contribution in [0.25, 0.3) is 11.0 Å². The number of benzene rings is 2. The first kappa shape index (κ1) is 17.7. The highest BCUT2D eigenvalue weighted by molar-refractivity contribution is 5.87. The van der Waals surface area contributed by atoms with Crippen LogP contribution in [0.1, 0.15) is 27.8 Å². The van der Waals surface area contributed by atoms with Crippen molar-refractivity contribution < 1.29 is 13.5 Å². The zero-order chi connectivity index (χ0) is 19.1. The Balaban J connectivity index is 1.62. The number of aryl methyl sites for hydroxylation is 2. The molecule has 0 bridgehead atoms. The van der Waals surface area contributed by atoms with E-state index in [0.29, 0.717) is 17.9 Å². The summed E-state index contributed by atoms with van der Waals surface area (Å²) < 4.78 is 24.9. The normalized spacial score (nSPS) is 14.2. The van der Waals surface area contributed by atoms with Crippen molar-refractivity contribution in [1.29, 1.82) is 0 Å². The van der Waals surface area contributed by atoms with Crippen LogP contribution in [0.3, 0.4) is 0 Å². The summed E-state index contributed by atoms with van der Waals surface area (Å²) in [7, 11) is 0. The minimum Gasteiger partial charge on any atom is -0.477 e. The summed E-state index contributed by atoms with van der Waals surface area (Å²) in [5, 5.41) is 0.957. The molecule has 0 N–H and O–H groups in total. The molecule has 4 nitrogen and oxygen atoms in total. The summed E-state index contributed by atoms with van der Waals surface area (Å²) >= 11 is 0. The average molecular weight is 367 g/mol. The average Bonchev–Trinajstić information content (AvgIpc) is 2.66. The Morgan fingerprint density at radius 2 is 1.93 bits per heavy atom. The fourth-order valence-electron chi connectivity index (χ4n) is 3.67. The topological polar surface area (TPSA) is 42.7 Å². The summed E-state index contributed by atoms with van der Waals surface area (Å²) in [5.41, 5.74) is 4.83. The molecule has 5 heteroatoms. The van der Waals surface area contributed by atoms with Gasteiger partial charge in [0.1, 0.15) is 23.9 Å². The van der Waals surface area contributed by atoms with Crippen molar-refractivity contribution in [3.63, 3.8) is 0 Å². The molecule has 0 amide bonds. The van der Waals surface area contributed by atoms with E-state index in [4.69, 9.17) is 9.15 Å². The molecule has 3 aromatic rings. The molecular formula is C22H22FNO3. The molecule has 0 radical (unpaired) electrons. The molecule has 2 aromatic carbocycles. The molecule has 0 spiro atoms. The lowest BCUT2D eigenvalue weighted by atomic mass is 9.99. The molecule has 4 rings (SSSR count). The molecule has 0 saturated carbocycles. The molecular weight excluding hydrogens is 345 g/mol. The monoisotopic (exact) mass is 367 g/mol. The second-order valence-electron chi connectivity index (χ2n) is 7.21. The molecule has 0 aliphatic carbocycles. The lowest BCUT2D eigenvalue weighted by molar-refractivity contribution is 0.0959. The van der Waals surface area contributed by atoms with E-state index >= 15 is 0 Å². The predicted octanol–water partition coefficient (Wildman–Crippen LogP) is 4.25. The second kappa shape index (κ2) is 6.82. The van der Waals surface area contributed by atoms with Crippen LogP contribution in [-0.4, -0.2) is 18.2 Å². The van der Waals surface area contributed by atoms with Crippen LogP contribution in [0, 0.1) is 26.6 Å². The Labute approximate surface area is 157 Å². The number of nitrogens with zero attached hydrogens (tertiary/aromatic N) is 1. The number of halogens is 1. The van der Waals surface area contributed by atoms with Gasteiger partial charge in [-0.1, -0.05) is 12.1 Å². The Morgan fingerprint density at radius 1 is 1.11 bits per heavy atom. The van der Waals surface area contributed by atoms with Gasteiger partial charge in [0, 0.05) is 35.2 Å². The minimum atomic E-state index is -0.296. The van der Waals surface area contributed by atoms with Crippen LogP contribution < -0.4 is 10.4 Å². The molecule has 0 unspecified atom stereocenters. The van der Waals surface area contributed by atoms with Gasteiger partial charge in [-0.3, -0.25) is 4.90 Å². The van der Waals surface area contributed by atoms with Crippen molar-refractivity contribution in [3.05, 3.63) is 74.4 Å². The Bertz CT molecular complexity index is 1090. The number of ether oxygens (including phenoxy) is 1. The number of hydrogen-bond acceptors (Lipinski definition) is 4. The van der Waals surface area contributed by atoms with Crippen molar-refractivity contribution in [2.75, 3.05) is 13.3 Å². The van der Waals surface area contributed by atoms with Gasteiger partial charge in [0.15, 0.2) is 0 Å². The first-order valence-corrected chi connectivity index (χ1v) is 9.10. The van der Waals surface area contributed by atoms with E-state index in [1.54, 1.807) is 19.1 Å². The fraction of sp³-hybridized carbons (Fsp3) is 0.318. The quantitative estimate of drug-likeness (QED) is 0.649. The molecule has 0 atom stereocenters.